The van der Waals surface area contributed by atoms with E-state index in [1.165, 1.54) is 39.3 Å². The lowest BCUT2D eigenvalue weighted by Crippen LogP contribution is -2.52. The fourth-order valence-corrected chi connectivity index (χ4v) is 6.69. The first-order valence-electron chi connectivity index (χ1n) is 14.2. The molecule has 0 aliphatic carbocycles. The number of nitrogens with zero attached hydrogens (tertiary/aromatic N) is 3. The fraction of sp³-hybridized carbons (Fsp3) is 0.286. The van der Waals surface area contributed by atoms with Crippen LogP contribution in [0.5, 0.6) is 0 Å². The van der Waals surface area contributed by atoms with Crippen molar-refractivity contribution in [2.24, 2.45) is 0 Å². The molecule has 0 saturated carbocycles. The Hall–Kier alpha value is -3.94. The van der Waals surface area contributed by atoms with Crippen LogP contribution in [0.15, 0.2) is 109 Å². The minimum absolute atomic E-state index is 0.0271. The van der Waals surface area contributed by atoms with Gasteiger partial charge < -0.3 is 4.74 Å². The number of hydrogen-bond donors (Lipinski definition) is 0. The molecule has 0 radical (unpaired) electrons. The summed E-state index contributed by atoms with van der Waals surface area (Å²) in [5.74, 6) is 0. The van der Waals surface area contributed by atoms with Gasteiger partial charge in [-0.05, 0) is 55.5 Å². The lowest BCUT2D eigenvalue weighted by atomic mass is 9.74. The molecule has 1 unspecified atom stereocenters. The first kappa shape index (κ1) is 29.5. The molecule has 0 bridgehead atoms. The van der Waals surface area contributed by atoms with Crippen molar-refractivity contribution in [3.05, 3.63) is 131 Å². The smallest absolute Gasteiger partial charge is 0.420 e. The molecule has 2 heterocycles. The molecule has 6 nitrogen and oxygen atoms in total. The quantitative estimate of drug-likeness (QED) is 0.222. The summed E-state index contributed by atoms with van der Waals surface area (Å²) in [6.07, 6.45) is 5.45. The standard InChI is InChI=1S/C35H37N3O3S/c1-26(39)42-32-20-21-37(24-27(32)22-31-23-36-25-38(31)33(40)41-34(2,3)4)35(28-14-8-5-9-15-28,29-16-10-6-11-17-29)30-18-12-7-13-19-30/h5-19,22-23,25,32H,20-21,24H2,1-4H3. The molecular formula is C35H37N3O3S. The summed E-state index contributed by atoms with van der Waals surface area (Å²) in [6.45, 7) is 8.50. The zero-order valence-electron chi connectivity index (χ0n) is 24.6. The Kier molecular flexibility index (Phi) is 8.80. The number of imidazole rings is 1. The lowest BCUT2D eigenvalue weighted by Gasteiger charge is -2.49. The van der Waals surface area contributed by atoms with Gasteiger partial charge in [0.05, 0.1) is 17.4 Å². The molecule has 1 aliphatic heterocycles. The highest BCUT2D eigenvalue weighted by molar-refractivity contribution is 8.14. The number of rotatable bonds is 6. The summed E-state index contributed by atoms with van der Waals surface area (Å²) >= 11 is 1.35. The zero-order valence-corrected chi connectivity index (χ0v) is 25.4. The molecule has 1 aromatic heterocycles. The molecule has 7 heteroatoms. The van der Waals surface area contributed by atoms with Crippen molar-refractivity contribution in [1.82, 2.24) is 14.5 Å². The number of carbonyl (C=O) groups is 2. The van der Waals surface area contributed by atoms with Gasteiger partial charge in [0.15, 0.2) is 5.12 Å². The molecule has 1 fully saturated rings. The van der Waals surface area contributed by atoms with Gasteiger partial charge in [-0.15, -0.1) is 0 Å². The summed E-state index contributed by atoms with van der Waals surface area (Å²) in [5, 5.41) is 0.0428. The SMILES string of the molecule is CC(=O)SC1CCN(C(c2ccccc2)(c2ccccc2)c2ccccc2)CC1=Cc1cncn1C(=O)OC(C)(C)C. The van der Waals surface area contributed by atoms with E-state index in [4.69, 9.17) is 4.74 Å². The Balaban J connectivity index is 1.65. The second-order valence-corrected chi connectivity index (χ2v) is 12.9. The van der Waals surface area contributed by atoms with Crippen molar-refractivity contribution < 1.29 is 14.3 Å². The second-order valence-electron chi connectivity index (χ2n) is 11.5. The van der Waals surface area contributed by atoms with Crippen LogP contribution in [-0.4, -0.2) is 49.6 Å². The van der Waals surface area contributed by atoms with Gasteiger partial charge in [0.1, 0.15) is 11.9 Å². The largest absolute Gasteiger partial charge is 0.443 e. The molecule has 0 amide bonds. The van der Waals surface area contributed by atoms with E-state index in [2.05, 4.69) is 82.7 Å². The van der Waals surface area contributed by atoms with Crippen LogP contribution in [0.4, 0.5) is 4.79 Å². The molecule has 216 valence electrons. The van der Waals surface area contributed by atoms with Gasteiger partial charge in [0.25, 0.3) is 0 Å². The van der Waals surface area contributed by atoms with Gasteiger partial charge in [-0.1, -0.05) is 103 Å². The van der Waals surface area contributed by atoms with Crippen LogP contribution < -0.4 is 0 Å². The van der Waals surface area contributed by atoms with E-state index in [9.17, 15) is 9.59 Å². The van der Waals surface area contributed by atoms with Gasteiger partial charge in [-0.3, -0.25) is 9.69 Å². The Labute approximate surface area is 252 Å². The molecule has 1 atom stereocenters. The van der Waals surface area contributed by atoms with Gasteiger partial charge >= 0.3 is 6.09 Å². The molecule has 1 aliphatic rings. The minimum Gasteiger partial charge on any atom is -0.443 e. The van der Waals surface area contributed by atoms with E-state index in [0.717, 1.165) is 18.5 Å². The first-order valence-corrected chi connectivity index (χ1v) is 15.1. The minimum atomic E-state index is -0.638. The van der Waals surface area contributed by atoms with Crippen LogP contribution in [0.2, 0.25) is 0 Å². The molecule has 42 heavy (non-hydrogen) atoms. The maximum Gasteiger partial charge on any atom is 0.420 e. The van der Waals surface area contributed by atoms with Crippen LogP contribution in [0.3, 0.4) is 0 Å². The molecule has 1 saturated heterocycles. The molecule has 3 aromatic carbocycles. The Morgan fingerprint density at radius 1 is 0.881 bits per heavy atom. The van der Waals surface area contributed by atoms with Crippen molar-refractivity contribution in [1.29, 1.82) is 0 Å². The van der Waals surface area contributed by atoms with E-state index in [1.54, 1.807) is 13.1 Å². The predicted octanol–water partition coefficient (Wildman–Crippen LogP) is 7.40. The molecule has 5 rings (SSSR count). The summed E-state index contributed by atoms with van der Waals surface area (Å²) in [7, 11) is 0. The third-order valence-corrected chi connectivity index (χ3v) is 8.55. The normalized spacial score (nSPS) is 17.2. The highest BCUT2D eigenvalue weighted by Gasteiger charge is 2.44. The highest BCUT2D eigenvalue weighted by atomic mass is 32.2. The van der Waals surface area contributed by atoms with Gasteiger partial charge in [0, 0.05) is 25.3 Å². The average molecular weight is 580 g/mol. The molecule has 0 N–H and O–H groups in total. The van der Waals surface area contributed by atoms with E-state index in [0.29, 0.717) is 12.2 Å². The molecular weight excluding hydrogens is 542 g/mol. The number of piperidine rings is 1. The maximum atomic E-state index is 13.0. The van der Waals surface area contributed by atoms with Crippen LogP contribution in [0.25, 0.3) is 6.08 Å². The van der Waals surface area contributed by atoms with Crippen LogP contribution >= 0.6 is 11.8 Å². The van der Waals surface area contributed by atoms with E-state index in [-0.39, 0.29) is 10.4 Å². The van der Waals surface area contributed by atoms with Crippen LogP contribution in [-0.2, 0) is 15.1 Å². The Morgan fingerprint density at radius 3 is 1.88 bits per heavy atom. The number of carbonyl (C=O) groups excluding carboxylic acids is 2. The van der Waals surface area contributed by atoms with E-state index < -0.39 is 17.2 Å². The second kappa shape index (κ2) is 12.5. The lowest BCUT2D eigenvalue weighted by molar-refractivity contribution is -0.109. The molecule has 4 aromatic rings. The molecule has 0 spiro atoms. The predicted molar refractivity (Wildman–Crippen MR) is 169 cm³/mol. The highest BCUT2D eigenvalue weighted by Crippen LogP contribution is 2.45. The van der Waals surface area contributed by atoms with Crippen molar-refractivity contribution in [3.63, 3.8) is 0 Å². The number of likely N-dealkylation sites (tertiary alicyclic amines) is 1. The topological polar surface area (TPSA) is 64.4 Å². The third-order valence-electron chi connectivity index (χ3n) is 7.40. The third kappa shape index (κ3) is 6.27. The summed E-state index contributed by atoms with van der Waals surface area (Å²) < 4.78 is 7.07. The number of benzene rings is 3. The first-order chi connectivity index (χ1) is 20.2. The number of ether oxygens (including phenoxy) is 1. The number of thioether (sulfide) groups is 1. The van der Waals surface area contributed by atoms with Gasteiger partial charge in [-0.2, -0.15) is 0 Å². The van der Waals surface area contributed by atoms with Crippen molar-refractivity contribution >= 4 is 29.0 Å². The Bertz CT molecular complexity index is 1450. The van der Waals surface area contributed by atoms with Crippen molar-refractivity contribution in [2.75, 3.05) is 13.1 Å². The van der Waals surface area contributed by atoms with Gasteiger partial charge in [0.2, 0.25) is 0 Å². The zero-order chi connectivity index (χ0) is 29.7. The monoisotopic (exact) mass is 579 g/mol. The van der Waals surface area contributed by atoms with E-state index in [1.807, 2.05) is 45.0 Å². The van der Waals surface area contributed by atoms with Crippen LogP contribution in [0, 0.1) is 0 Å². The number of hydrogen-bond acceptors (Lipinski definition) is 6. The van der Waals surface area contributed by atoms with Gasteiger partial charge in [-0.25, -0.2) is 14.3 Å². The average Bonchev–Trinajstić information content (AvgIpc) is 3.44. The summed E-state index contributed by atoms with van der Waals surface area (Å²) in [5.41, 5.74) is 3.95. The summed E-state index contributed by atoms with van der Waals surface area (Å²) in [6, 6.07) is 31.8. The van der Waals surface area contributed by atoms with Crippen LogP contribution in [0.1, 0.15) is 56.5 Å². The van der Waals surface area contributed by atoms with Crippen molar-refractivity contribution in [2.45, 2.75) is 50.5 Å². The Morgan fingerprint density at radius 2 is 1.40 bits per heavy atom. The fourth-order valence-electron chi connectivity index (χ4n) is 5.77. The summed E-state index contributed by atoms with van der Waals surface area (Å²) in [4.78, 5) is 32.2. The van der Waals surface area contributed by atoms with Crippen molar-refractivity contribution in [3.8, 4) is 0 Å². The van der Waals surface area contributed by atoms with E-state index >= 15 is 0 Å². The number of aromatic nitrogens is 2. The maximum absolute atomic E-state index is 13.0.